The molecule has 0 aromatic heterocycles. The second kappa shape index (κ2) is 22.1. The van der Waals surface area contributed by atoms with Crippen LogP contribution in [0.1, 0.15) is 136 Å². The van der Waals surface area contributed by atoms with E-state index < -0.39 is 0 Å². The van der Waals surface area contributed by atoms with Crippen LogP contribution in [-0.2, 0) is 9.47 Å². The van der Waals surface area contributed by atoms with Gasteiger partial charge in [0.25, 0.3) is 0 Å². The third kappa shape index (κ3) is 20.6. The minimum atomic E-state index is -0.322. The van der Waals surface area contributed by atoms with Crippen molar-refractivity contribution < 1.29 is 29.9 Å². The molecule has 0 amide bonds. The number of aliphatic hydroxyl groups is 4. The predicted octanol–water partition coefficient (Wildman–Crippen LogP) is 8.85. The van der Waals surface area contributed by atoms with Crippen molar-refractivity contribution in [3.8, 4) is 0 Å². The van der Waals surface area contributed by atoms with Crippen molar-refractivity contribution in [2.75, 3.05) is 13.2 Å². The molecular formula is C40H80O6. The van der Waals surface area contributed by atoms with Gasteiger partial charge in [0.15, 0.2) is 0 Å². The van der Waals surface area contributed by atoms with Crippen LogP contribution in [0, 0.1) is 47.3 Å². The zero-order valence-corrected chi connectivity index (χ0v) is 33.2. The number of rotatable bonds is 16. The lowest BCUT2D eigenvalue weighted by molar-refractivity contribution is 0.0336. The van der Waals surface area contributed by atoms with E-state index in [9.17, 15) is 20.4 Å². The summed E-state index contributed by atoms with van der Waals surface area (Å²) in [6.07, 6.45) is 3.04. The van der Waals surface area contributed by atoms with Crippen molar-refractivity contribution in [1.82, 2.24) is 0 Å². The van der Waals surface area contributed by atoms with Gasteiger partial charge >= 0.3 is 0 Å². The van der Waals surface area contributed by atoms with Gasteiger partial charge in [0.05, 0.1) is 37.6 Å². The van der Waals surface area contributed by atoms with Gasteiger partial charge in [-0.15, -0.1) is 0 Å². The second-order valence-electron chi connectivity index (χ2n) is 17.1. The van der Waals surface area contributed by atoms with E-state index in [0.29, 0.717) is 47.3 Å². The van der Waals surface area contributed by atoms with Gasteiger partial charge in [-0.3, -0.25) is 0 Å². The quantitative estimate of drug-likeness (QED) is 0.0977. The van der Waals surface area contributed by atoms with Crippen LogP contribution >= 0.6 is 0 Å². The maximum atomic E-state index is 9.84. The minimum Gasteiger partial charge on any atom is -0.390 e. The average molecular weight is 657 g/mol. The van der Waals surface area contributed by atoms with Crippen molar-refractivity contribution in [1.29, 1.82) is 0 Å². The Morgan fingerprint density at radius 2 is 0.696 bits per heavy atom. The molecule has 2 aliphatic rings. The third-order valence-corrected chi connectivity index (χ3v) is 8.99. The molecule has 0 unspecified atom stereocenters. The van der Waals surface area contributed by atoms with Gasteiger partial charge < -0.3 is 29.9 Å². The molecule has 0 bridgehead atoms. The maximum absolute atomic E-state index is 9.84. The normalized spacial score (nSPS) is 25.4. The molecule has 2 aliphatic heterocycles. The van der Waals surface area contributed by atoms with Crippen LogP contribution < -0.4 is 0 Å². The highest BCUT2D eigenvalue weighted by molar-refractivity contribution is 5.00. The first-order valence-electron chi connectivity index (χ1n) is 18.1. The number of hydrogen-bond acceptors (Lipinski definition) is 6. The van der Waals surface area contributed by atoms with Crippen LogP contribution in [0.2, 0.25) is 0 Å². The summed E-state index contributed by atoms with van der Waals surface area (Å²) in [5.41, 5.74) is 1.29. The summed E-state index contributed by atoms with van der Waals surface area (Å²) in [5, 5.41) is 38.8. The Balaban J connectivity index is 0. The topological polar surface area (TPSA) is 106 Å². The van der Waals surface area contributed by atoms with Crippen LogP contribution in [-0.4, -0.2) is 69.3 Å². The predicted molar refractivity (Wildman–Crippen MR) is 197 cm³/mol. The number of hydrogen-bond donors (Lipinski definition) is 4. The molecule has 2 heterocycles. The highest BCUT2D eigenvalue weighted by atomic mass is 16.6. The number of aliphatic hydroxyl groups excluding tert-OH is 4. The van der Waals surface area contributed by atoms with Crippen LogP contribution in [0.15, 0.2) is 24.3 Å². The molecule has 0 aromatic carbocycles. The fourth-order valence-corrected chi connectivity index (χ4v) is 6.23. The zero-order valence-electron chi connectivity index (χ0n) is 33.2. The summed E-state index contributed by atoms with van der Waals surface area (Å²) >= 11 is 0. The lowest BCUT2D eigenvalue weighted by Gasteiger charge is -2.23. The second-order valence-corrected chi connectivity index (χ2v) is 17.1. The largest absolute Gasteiger partial charge is 0.390 e. The molecule has 46 heavy (non-hydrogen) atoms. The van der Waals surface area contributed by atoms with Crippen LogP contribution in [0.25, 0.3) is 0 Å². The Bertz CT molecular complexity index is 758. The van der Waals surface area contributed by atoms with Gasteiger partial charge in [0.2, 0.25) is 0 Å². The van der Waals surface area contributed by atoms with E-state index in [1.807, 2.05) is 27.7 Å². The van der Waals surface area contributed by atoms with E-state index in [4.69, 9.17) is 9.47 Å². The molecular weight excluding hydrogens is 576 g/mol. The van der Waals surface area contributed by atoms with Gasteiger partial charge in [-0.1, -0.05) is 107 Å². The molecule has 0 spiro atoms. The molecule has 0 saturated carbocycles. The van der Waals surface area contributed by atoms with Crippen molar-refractivity contribution in [3.05, 3.63) is 24.3 Å². The van der Waals surface area contributed by atoms with Crippen molar-refractivity contribution in [2.24, 2.45) is 47.3 Å². The summed E-state index contributed by atoms with van der Waals surface area (Å²) in [6.45, 7) is 42.3. The minimum absolute atomic E-state index is 0.228. The molecule has 10 atom stereocenters. The van der Waals surface area contributed by atoms with Gasteiger partial charge in [0.1, 0.15) is 11.2 Å². The van der Waals surface area contributed by atoms with E-state index in [0.717, 1.165) is 50.0 Å². The highest BCUT2D eigenvalue weighted by Crippen LogP contribution is 2.36. The van der Waals surface area contributed by atoms with E-state index in [1.165, 1.54) is 0 Å². The Kier molecular flexibility index (Phi) is 22.7. The third-order valence-electron chi connectivity index (χ3n) is 8.99. The van der Waals surface area contributed by atoms with Gasteiger partial charge in [-0.2, -0.15) is 0 Å². The van der Waals surface area contributed by atoms with E-state index in [1.54, 1.807) is 0 Å². The summed E-state index contributed by atoms with van der Waals surface area (Å²) in [4.78, 5) is 0. The molecule has 0 aliphatic carbocycles. The molecule has 2 saturated heterocycles. The first kappa shape index (κ1) is 47.4. The number of ether oxygens (including phenoxy) is 2. The Morgan fingerprint density at radius 3 is 0.848 bits per heavy atom. The van der Waals surface area contributed by atoms with Crippen molar-refractivity contribution in [2.45, 2.75) is 172 Å². The molecule has 2 fully saturated rings. The lowest BCUT2D eigenvalue weighted by atomic mass is 9.87. The van der Waals surface area contributed by atoms with E-state index in [2.05, 4.69) is 96.2 Å². The maximum Gasteiger partial charge on any atom is 0.115 e. The van der Waals surface area contributed by atoms with Crippen molar-refractivity contribution >= 4 is 0 Å². The van der Waals surface area contributed by atoms with Crippen LogP contribution in [0.5, 0.6) is 0 Å². The zero-order chi connectivity index (χ0) is 36.7. The summed E-state index contributed by atoms with van der Waals surface area (Å²) in [6, 6.07) is 0. The fraction of sp³-hybridized carbons (Fsp3) is 0.900. The molecule has 2 rings (SSSR count). The SMILES string of the molecule is C=C(C)[C@@H](O)[C@@H](C)CC(C)C.C=C(C)[C@H](O)[C@@H](C)CC(C)C.CC(C)C[C@H](C)[C@@H](O)[C@]1(C)CO1.CC(C)C[C@H](C)[C@H](O)[C@@]1(C)CO1. The summed E-state index contributed by atoms with van der Waals surface area (Å²) in [5.74, 6) is 3.97. The fourth-order valence-electron chi connectivity index (χ4n) is 6.23. The van der Waals surface area contributed by atoms with E-state index >= 15 is 0 Å². The molecule has 276 valence electrons. The van der Waals surface area contributed by atoms with Gasteiger partial charge in [-0.25, -0.2) is 0 Å². The molecule has 0 radical (unpaired) electrons. The van der Waals surface area contributed by atoms with E-state index in [-0.39, 0.29) is 35.6 Å². The summed E-state index contributed by atoms with van der Waals surface area (Å²) < 4.78 is 10.4. The monoisotopic (exact) mass is 657 g/mol. The summed E-state index contributed by atoms with van der Waals surface area (Å²) in [7, 11) is 0. The molecule has 0 aromatic rings. The first-order valence-corrected chi connectivity index (χ1v) is 18.1. The van der Waals surface area contributed by atoms with Crippen molar-refractivity contribution in [3.63, 3.8) is 0 Å². The Labute approximate surface area is 286 Å². The molecule has 4 N–H and O–H groups in total. The Morgan fingerprint density at radius 1 is 0.500 bits per heavy atom. The van der Waals surface area contributed by atoms with Crippen LogP contribution in [0.3, 0.4) is 0 Å². The Hall–Kier alpha value is -0.760. The highest BCUT2D eigenvalue weighted by Gasteiger charge is 2.49. The average Bonchev–Trinajstić information content (AvgIpc) is 3.84. The van der Waals surface area contributed by atoms with Gasteiger partial charge in [-0.05, 0) is 101 Å². The lowest BCUT2D eigenvalue weighted by Crippen LogP contribution is -2.33. The molecule has 6 nitrogen and oxygen atoms in total. The first-order chi connectivity index (χ1) is 20.8. The number of epoxide rings is 2. The smallest absolute Gasteiger partial charge is 0.115 e. The standard InChI is InChI=1S/2C10H20O2.2C10H20O/c2*1-7(2)5-8(3)9(11)10(4)6-12-10;2*1-7(2)6-9(5)10(11)8(3)4/h2*7-9,11H,5-6H2,1-4H3;2*7,9-11H,3,6H2,1-2,4-5H3/t8-,9+,10-;8-,9-,10+;9-,10+;9-,10-/m0000/s1. The molecule has 6 heteroatoms. The van der Waals surface area contributed by atoms with Crippen LogP contribution in [0.4, 0.5) is 0 Å². The van der Waals surface area contributed by atoms with Gasteiger partial charge in [0, 0.05) is 0 Å².